The van der Waals surface area contributed by atoms with E-state index >= 15 is 0 Å². The van der Waals surface area contributed by atoms with E-state index in [9.17, 15) is 22.8 Å². The molecule has 0 unspecified atom stereocenters. The van der Waals surface area contributed by atoms with Crippen LogP contribution >= 0.6 is 11.3 Å². The van der Waals surface area contributed by atoms with Crippen LogP contribution in [0.4, 0.5) is 13.2 Å². The fourth-order valence-electron chi connectivity index (χ4n) is 2.93. The van der Waals surface area contributed by atoms with Gasteiger partial charge in [-0.15, -0.1) is 24.5 Å². The van der Waals surface area contributed by atoms with Crippen molar-refractivity contribution in [1.82, 2.24) is 14.7 Å². The topological polar surface area (TPSA) is 72.7 Å². The number of thiazole rings is 1. The number of nitrogens with one attached hydrogen (secondary N) is 1. The predicted octanol–water partition coefficient (Wildman–Crippen LogP) is 2.94. The third-order valence-corrected chi connectivity index (χ3v) is 5.01. The van der Waals surface area contributed by atoms with Crippen molar-refractivity contribution in [3.8, 4) is 5.75 Å². The highest BCUT2D eigenvalue weighted by molar-refractivity contribution is 7.15. The Balaban J connectivity index is 1.51. The average Bonchev–Trinajstić information content (AvgIpc) is 3.16. The molecule has 1 amide bonds. The number of alkyl halides is 3. The molecule has 10 heteroatoms. The van der Waals surface area contributed by atoms with Gasteiger partial charge in [-0.3, -0.25) is 14.0 Å². The Labute approximate surface area is 154 Å². The minimum atomic E-state index is -4.79. The summed E-state index contributed by atoms with van der Waals surface area (Å²) in [5.74, 6) is -1.20. The lowest BCUT2D eigenvalue weighted by Gasteiger charge is -2.13. The predicted molar refractivity (Wildman–Crippen MR) is 91.1 cm³/mol. The number of aromatic nitrogens is 2. The molecule has 0 aliphatic heterocycles. The number of carbonyl (C=O) groups is 1. The molecule has 3 aromatic rings. The van der Waals surface area contributed by atoms with Gasteiger partial charge >= 0.3 is 6.36 Å². The van der Waals surface area contributed by atoms with Crippen LogP contribution in [0.5, 0.6) is 5.75 Å². The molecule has 0 bridgehead atoms. The lowest BCUT2D eigenvalue weighted by atomic mass is 10.1. The number of benzene rings is 1. The van der Waals surface area contributed by atoms with Gasteiger partial charge in [0.1, 0.15) is 11.3 Å². The molecule has 140 valence electrons. The summed E-state index contributed by atoms with van der Waals surface area (Å²) >= 11 is 1.27. The molecule has 1 N–H and O–H groups in total. The first-order valence-corrected chi connectivity index (χ1v) is 8.82. The molecule has 27 heavy (non-hydrogen) atoms. The largest absolute Gasteiger partial charge is 0.573 e. The highest BCUT2D eigenvalue weighted by Crippen LogP contribution is 2.45. The number of ether oxygens (including phenoxy) is 1. The molecular weight excluding hydrogens is 383 g/mol. The molecule has 1 aromatic carbocycles. The van der Waals surface area contributed by atoms with E-state index in [4.69, 9.17) is 0 Å². The Morgan fingerprint density at radius 2 is 2.11 bits per heavy atom. The van der Waals surface area contributed by atoms with Crippen molar-refractivity contribution in [3.05, 3.63) is 63.5 Å². The van der Waals surface area contributed by atoms with Gasteiger partial charge in [-0.25, -0.2) is 4.98 Å². The van der Waals surface area contributed by atoms with Crippen molar-refractivity contribution in [2.45, 2.75) is 24.7 Å². The molecule has 6 nitrogen and oxygen atoms in total. The van der Waals surface area contributed by atoms with E-state index in [0.29, 0.717) is 16.9 Å². The van der Waals surface area contributed by atoms with Crippen LogP contribution in [0.25, 0.3) is 4.96 Å². The van der Waals surface area contributed by atoms with E-state index in [-0.39, 0.29) is 23.3 Å². The Bertz CT molecular complexity index is 1080. The molecular formula is C17H12F3N3O3S. The highest BCUT2D eigenvalue weighted by atomic mass is 32.1. The second kappa shape index (κ2) is 6.38. The quantitative estimate of drug-likeness (QED) is 0.737. The minimum absolute atomic E-state index is 0.114. The van der Waals surface area contributed by atoms with Gasteiger partial charge in [0, 0.05) is 29.7 Å². The summed E-state index contributed by atoms with van der Waals surface area (Å²) in [5.41, 5.74) is -0.239. The number of para-hydroxylation sites is 1. The summed E-state index contributed by atoms with van der Waals surface area (Å²) in [5, 5.41) is 4.36. The summed E-state index contributed by atoms with van der Waals surface area (Å²) in [6.45, 7) is 0. The van der Waals surface area contributed by atoms with Crippen molar-refractivity contribution in [2.24, 2.45) is 0 Å². The Kier molecular flexibility index (Phi) is 4.14. The van der Waals surface area contributed by atoms with Crippen LogP contribution in [0.3, 0.4) is 0 Å². The number of hydrogen-bond donors (Lipinski definition) is 1. The molecule has 0 radical (unpaired) electrons. The van der Waals surface area contributed by atoms with Crippen LogP contribution in [0, 0.1) is 0 Å². The van der Waals surface area contributed by atoms with E-state index in [2.05, 4.69) is 15.0 Å². The number of halogens is 3. The van der Waals surface area contributed by atoms with Crippen molar-refractivity contribution in [1.29, 1.82) is 0 Å². The maximum Gasteiger partial charge on any atom is 0.573 e. The number of amides is 1. The first kappa shape index (κ1) is 17.5. The average molecular weight is 395 g/mol. The molecule has 0 spiro atoms. The fourth-order valence-corrected chi connectivity index (χ4v) is 3.60. The first-order valence-electron chi connectivity index (χ1n) is 7.94. The zero-order valence-electron chi connectivity index (χ0n) is 13.6. The molecule has 1 aliphatic carbocycles. The zero-order valence-corrected chi connectivity index (χ0v) is 14.4. The van der Waals surface area contributed by atoms with Crippen LogP contribution in [-0.4, -0.2) is 27.7 Å². The zero-order chi connectivity index (χ0) is 19.2. The molecule has 2 heterocycles. The Morgan fingerprint density at radius 3 is 2.89 bits per heavy atom. The van der Waals surface area contributed by atoms with E-state index in [0.717, 1.165) is 0 Å². The smallest absolute Gasteiger partial charge is 0.405 e. The third kappa shape index (κ3) is 3.52. The summed E-state index contributed by atoms with van der Waals surface area (Å²) in [6, 6.07) is 5.45. The van der Waals surface area contributed by atoms with Gasteiger partial charge in [-0.1, -0.05) is 18.2 Å². The van der Waals surface area contributed by atoms with Gasteiger partial charge in [0.2, 0.25) is 0 Å². The second-order valence-electron chi connectivity index (χ2n) is 6.04. The number of carbonyl (C=O) groups excluding carboxylic acids is 1. The summed E-state index contributed by atoms with van der Waals surface area (Å²) < 4.78 is 43.0. The highest BCUT2D eigenvalue weighted by Gasteiger charge is 2.43. The normalized spacial score (nSPS) is 19.1. The standard InChI is InChI=1S/C17H12F3N3O3S/c18-17(19,20)26-13-4-2-1-3-9(13)10-7-12(10)22-14(24)11-8-21-16-23(15(11)25)5-6-27-16/h1-6,8,10,12H,7H2,(H,22,24)/t10-,12-/m1/s1. The van der Waals surface area contributed by atoms with Crippen LogP contribution in [0.1, 0.15) is 28.3 Å². The van der Waals surface area contributed by atoms with E-state index in [1.165, 1.54) is 46.3 Å². The second-order valence-corrected chi connectivity index (χ2v) is 6.91. The number of rotatable bonds is 4. The summed E-state index contributed by atoms with van der Waals surface area (Å²) in [6.07, 6.45) is -1.60. The Hall–Kier alpha value is -2.88. The monoisotopic (exact) mass is 395 g/mol. The maximum atomic E-state index is 12.5. The minimum Gasteiger partial charge on any atom is -0.405 e. The van der Waals surface area contributed by atoms with Gasteiger partial charge in [0.25, 0.3) is 11.5 Å². The molecule has 1 aliphatic rings. The number of fused-ring (bicyclic) bond motifs is 1. The molecule has 2 aromatic heterocycles. The van der Waals surface area contributed by atoms with E-state index in [1.54, 1.807) is 11.4 Å². The SMILES string of the molecule is O=C(N[C@@H]1C[C@@H]1c1ccccc1OC(F)(F)F)c1cnc2sccn2c1=O. The lowest BCUT2D eigenvalue weighted by molar-refractivity contribution is -0.274. The summed E-state index contributed by atoms with van der Waals surface area (Å²) in [4.78, 5) is 29.2. The maximum absolute atomic E-state index is 12.5. The van der Waals surface area contributed by atoms with Gasteiger partial charge in [0.15, 0.2) is 4.96 Å². The van der Waals surface area contributed by atoms with Crippen molar-refractivity contribution in [2.75, 3.05) is 0 Å². The van der Waals surface area contributed by atoms with Gasteiger partial charge in [0.05, 0.1) is 0 Å². The van der Waals surface area contributed by atoms with Crippen LogP contribution < -0.4 is 15.6 Å². The van der Waals surface area contributed by atoms with Crippen LogP contribution in [0.15, 0.2) is 46.8 Å². The van der Waals surface area contributed by atoms with Gasteiger partial charge in [-0.05, 0) is 18.1 Å². The first-order chi connectivity index (χ1) is 12.8. The van der Waals surface area contributed by atoms with Gasteiger partial charge in [-0.2, -0.15) is 0 Å². The fraction of sp³-hybridized carbons (Fsp3) is 0.235. The van der Waals surface area contributed by atoms with Crippen molar-refractivity contribution < 1.29 is 22.7 Å². The molecule has 0 saturated heterocycles. The van der Waals surface area contributed by atoms with E-state index < -0.39 is 17.8 Å². The van der Waals surface area contributed by atoms with Crippen molar-refractivity contribution in [3.63, 3.8) is 0 Å². The number of hydrogen-bond acceptors (Lipinski definition) is 5. The molecule has 1 saturated carbocycles. The molecule has 4 rings (SSSR count). The third-order valence-electron chi connectivity index (χ3n) is 4.24. The van der Waals surface area contributed by atoms with E-state index in [1.807, 2.05) is 0 Å². The number of nitrogens with zero attached hydrogens (tertiary/aromatic N) is 2. The summed E-state index contributed by atoms with van der Waals surface area (Å²) in [7, 11) is 0. The van der Waals surface area contributed by atoms with Crippen molar-refractivity contribution >= 4 is 22.2 Å². The van der Waals surface area contributed by atoms with Crippen LogP contribution in [0.2, 0.25) is 0 Å². The lowest BCUT2D eigenvalue weighted by Crippen LogP contribution is -2.33. The van der Waals surface area contributed by atoms with Crippen LogP contribution in [-0.2, 0) is 0 Å². The molecule has 1 fully saturated rings. The Morgan fingerprint density at radius 1 is 1.33 bits per heavy atom. The van der Waals surface area contributed by atoms with Gasteiger partial charge < -0.3 is 10.1 Å². The molecule has 2 atom stereocenters.